The molecule has 3 rings (SSSR count). The number of carbonyl (C=O) groups is 1. The number of hydrogen-bond acceptors (Lipinski definition) is 5. The molecule has 0 unspecified atom stereocenters. The van der Waals surface area contributed by atoms with Gasteiger partial charge in [-0.3, -0.25) is 9.69 Å². The summed E-state index contributed by atoms with van der Waals surface area (Å²) in [5.41, 5.74) is 2.80. The maximum Gasteiger partial charge on any atom is 0.251 e. The van der Waals surface area contributed by atoms with Gasteiger partial charge >= 0.3 is 0 Å². The average molecular weight is 384 g/mol. The van der Waals surface area contributed by atoms with Crippen LogP contribution < -0.4 is 14.8 Å². The van der Waals surface area contributed by atoms with Crippen LogP contribution in [0.1, 0.15) is 34.5 Å². The van der Waals surface area contributed by atoms with E-state index in [1.807, 2.05) is 49.4 Å². The summed E-state index contributed by atoms with van der Waals surface area (Å²) in [6.07, 6.45) is 0. The molecule has 0 spiro atoms. The van der Waals surface area contributed by atoms with E-state index in [-0.39, 0.29) is 11.9 Å². The summed E-state index contributed by atoms with van der Waals surface area (Å²) in [6, 6.07) is 13.3. The maximum absolute atomic E-state index is 12.6. The van der Waals surface area contributed by atoms with Gasteiger partial charge in [0, 0.05) is 25.2 Å². The average Bonchev–Trinajstić information content (AvgIpc) is 2.74. The molecule has 150 valence electrons. The predicted molar refractivity (Wildman–Crippen MR) is 108 cm³/mol. The second-order valence-electron chi connectivity index (χ2n) is 6.90. The first-order valence-corrected chi connectivity index (χ1v) is 9.52. The zero-order chi connectivity index (χ0) is 19.9. The minimum absolute atomic E-state index is 0.0970. The Hall–Kier alpha value is -2.57. The molecule has 1 N–H and O–H groups in total. The molecule has 2 aromatic rings. The molecule has 1 atom stereocenters. The van der Waals surface area contributed by atoms with Crippen molar-refractivity contribution in [1.29, 1.82) is 0 Å². The molecule has 6 nitrogen and oxygen atoms in total. The van der Waals surface area contributed by atoms with Crippen LogP contribution in [0.25, 0.3) is 0 Å². The fourth-order valence-electron chi connectivity index (χ4n) is 3.26. The van der Waals surface area contributed by atoms with E-state index >= 15 is 0 Å². The Morgan fingerprint density at radius 3 is 2.39 bits per heavy atom. The number of rotatable bonds is 7. The standard InChI is InChI=1S/C22H28N2O4/c1-16(19-8-9-20(26-2)21(14-19)27-3)23-22(25)18-6-4-17(5-7-18)15-24-10-12-28-13-11-24/h4-9,14,16H,10-13,15H2,1-3H3,(H,23,25)/t16-/m0/s1. The second kappa shape index (κ2) is 9.57. The summed E-state index contributed by atoms with van der Waals surface area (Å²) in [5.74, 6) is 1.22. The van der Waals surface area contributed by atoms with Crippen molar-refractivity contribution in [2.45, 2.75) is 19.5 Å². The van der Waals surface area contributed by atoms with Crippen LogP contribution in [0.5, 0.6) is 11.5 Å². The van der Waals surface area contributed by atoms with Crippen molar-refractivity contribution in [2.75, 3.05) is 40.5 Å². The molecule has 0 aliphatic carbocycles. The summed E-state index contributed by atoms with van der Waals surface area (Å²) >= 11 is 0. The topological polar surface area (TPSA) is 60.0 Å². The molecule has 1 aliphatic rings. The van der Waals surface area contributed by atoms with Gasteiger partial charge < -0.3 is 19.5 Å². The van der Waals surface area contributed by atoms with Crippen LogP contribution in [-0.4, -0.2) is 51.3 Å². The molecule has 0 bridgehead atoms. The lowest BCUT2D eigenvalue weighted by Gasteiger charge is -2.26. The summed E-state index contributed by atoms with van der Waals surface area (Å²) < 4.78 is 16.0. The highest BCUT2D eigenvalue weighted by Crippen LogP contribution is 2.30. The van der Waals surface area contributed by atoms with Gasteiger partial charge in [-0.15, -0.1) is 0 Å². The van der Waals surface area contributed by atoms with E-state index in [4.69, 9.17) is 14.2 Å². The molecule has 1 saturated heterocycles. The zero-order valence-corrected chi connectivity index (χ0v) is 16.7. The van der Waals surface area contributed by atoms with Gasteiger partial charge in [0.2, 0.25) is 0 Å². The SMILES string of the molecule is COc1ccc([C@H](C)NC(=O)c2ccc(CN3CCOCC3)cc2)cc1OC. The molecular weight excluding hydrogens is 356 g/mol. The van der Waals surface area contributed by atoms with Gasteiger partial charge in [-0.25, -0.2) is 0 Å². The van der Waals surface area contributed by atoms with Gasteiger partial charge in [0.25, 0.3) is 5.91 Å². The number of nitrogens with one attached hydrogen (secondary N) is 1. The van der Waals surface area contributed by atoms with E-state index in [0.717, 1.165) is 38.4 Å². The largest absolute Gasteiger partial charge is 0.493 e. The third-order valence-corrected chi connectivity index (χ3v) is 4.98. The molecular formula is C22H28N2O4. The Balaban J connectivity index is 1.60. The van der Waals surface area contributed by atoms with Crippen LogP contribution in [0.4, 0.5) is 0 Å². The lowest BCUT2D eigenvalue weighted by molar-refractivity contribution is 0.0342. The number of benzene rings is 2. The van der Waals surface area contributed by atoms with Crippen LogP contribution in [0.3, 0.4) is 0 Å². The zero-order valence-electron chi connectivity index (χ0n) is 16.7. The van der Waals surface area contributed by atoms with Crippen LogP contribution in [0.15, 0.2) is 42.5 Å². The van der Waals surface area contributed by atoms with Crippen molar-refractivity contribution < 1.29 is 19.0 Å². The van der Waals surface area contributed by atoms with E-state index in [2.05, 4.69) is 10.2 Å². The minimum atomic E-state index is -0.152. The van der Waals surface area contributed by atoms with E-state index in [1.54, 1.807) is 14.2 Å². The van der Waals surface area contributed by atoms with Crippen molar-refractivity contribution >= 4 is 5.91 Å². The normalized spacial score (nSPS) is 15.7. The van der Waals surface area contributed by atoms with Crippen LogP contribution in [0, 0.1) is 0 Å². The molecule has 0 saturated carbocycles. The fourth-order valence-corrected chi connectivity index (χ4v) is 3.26. The van der Waals surface area contributed by atoms with Gasteiger partial charge in [-0.2, -0.15) is 0 Å². The maximum atomic E-state index is 12.6. The molecule has 0 radical (unpaired) electrons. The molecule has 1 fully saturated rings. The Kier molecular flexibility index (Phi) is 6.90. The number of morpholine rings is 1. The Morgan fingerprint density at radius 2 is 1.75 bits per heavy atom. The van der Waals surface area contributed by atoms with E-state index in [9.17, 15) is 4.79 Å². The monoisotopic (exact) mass is 384 g/mol. The van der Waals surface area contributed by atoms with E-state index in [1.165, 1.54) is 5.56 Å². The summed E-state index contributed by atoms with van der Waals surface area (Å²) in [6.45, 7) is 6.30. The van der Waals surface area contributed by atoms with Crippen LogP contribution in [0.2, 0.25) is 0 Å². The second-order valence-corrected chi connectivity index (χ2v) is 6.90. The van der Waals surface area contributed by atoms with Gasteiger partial charge in [-0.05, 0) is 42.3 Å². The third kappa shape index (κ3) is 5.03. The molecule has 1 heterocycles. The van der Waals surface area contributed by atoms with Gasteiger partial charge in [0.05, 0.1) is 33.5 Å². The van der Waals surface area contributed by atoms with Crippen molar-refractivity contribution in [1.82, 2.24) is 10.2 Å². The summed E-state index contributed by atoms with van der Waals surface area (Å²) in [7, 11) is 3.20. The highest BCUT2D eigenvalue weighted by molar-refractivity contribution is 5.94. The lowest BCUT2D eigenvalue weighted by Crippen LogP contribution is -2.35. The molecule has 6 heteroatoms. The van der Waals surface area contributed by atoms with Crippen molar-refractivity contribution in [3.8, 4) is 11.5 Å². The Labute approximate surface area is 166 Å². The lowest BCUT2D eigenvalue weighted by atomic mass is 10.1. The Bertz CT molecular complexity index is 786. The van der Waals surface area contributed by atoms with Gasteiger partial charge in [-0.1, -0.05) is 18.2 Å². The minimum Gasteiger partial charge on any atom is -0.493 e. The van der Waals surface area contributed by atoms with Gasteiger partial charge in [0.15, 0.2) is 11.5 Å². The first-order valence-electron chi connectivity index (χ1n) is 9.52. The number of hydrogen-bond donors (Lipinski definition) is 1. The molecule has 1 aliphatic heterocycles. The van der Waals surface area contributed by atoms with Crippen LogP contribution in [-0.2, 0) is 11.3 Å². The number of amides is 1. The smallest absolute Gasteiger partial charge is 0.251 e. The van der Waals surface area contributed by atoms with Crippen molar-refractivity contribution in [3.05, 3.63) is 59.2 Å². The van der Waals surface area contributed by atoms with Crippen LogP contribution >= 0.6 is 0 Å². The number of ether oxygens (including phenoxy) is 3. The third-order valence-electron chi connectivity index (χ3n) is 4.98. The molecule has 2 aromatic carbocycles. The highest BCUT2D eigenvalue weighted by atomic mass is 16.5. The molecule has 28 heavy (non-hydrogen) atoms. The first-order chi connectivity index (χ1) is 13.6. The van der Waals surface area contributed by atoms with Crippen molar-refractivity contribution in [3.63, 3.8) is 0 Å². The number of methoxy groups -OCH3 is 2. The predicted octanol–water partition coefficient (Wildman–Crippen LogP) is 3.03. The fraction of sp³-hybridized carbons (Fsp3) is 0.409. The van der Waals surface area contributed by atoms with Crippen molar-refractivity contribution in [2.24, 2.45) is 0 Å². The number of nitrogens with zero attached hydrogens (tertiary/aromatic N) is 1. The summed E-state index contributed by atoms with van der Waals surface area (Å²) in [5, 5.41) is 3.04. The Morgan fingerprint density at radius 1 is 1.07 bits per heavy atom. The summed E-state index contributed by atoms with van der Waals surface area (Å²) in [4.78, 5) is 15.0. The quantitative estimate of drug-likeness (QED) is 0.795. The highest BCUT2D eigenvalue weighted by Gasteiger charge is 2.15. The first kappa shape index (κ1) is 20.2. The molecule has 0 aromatic heterocycles. The number of carbonyl (C=O) groups excluding carboxylic acids is 1. The molecule has 1 amide bonds. The van der Waals surface area contributed by atoms with E-state index in [0.29, 0.717) is 17.1 Å². The van der Waals surface area contributed by atoms with Gasteiger partial charge in [0.1, 0.15) is 0 Å². The van der Waals surface area contributed by atoms with E-state index < -0.39 is 0 Å².